The quantitative estimate of drug-likeness (QED) is 0.215. The molecule has 0 saturated carbocycles. The van der Waals surface area contributed by atoms with Crippen molar-refractivity contribution in [3.63, 3.8) is 0 Å². The first-order valence-corrected chi connectivity index (χ1v) is 12.4. The summed E-state index contributed by atoms with van der Waals surface area (Å²) in [5.74, 6) is -1.30. The summed E-state index contributed by atoms with van der Waals surface area (Å²) in [7, 11) is -4.16. The van der Waals surface area contributed by atoms with E-state index in [0.29, 0.717) is 12.1 Å². The van der Waals surface area contributed by atoms with Crippen LogP contribution in [0.2, 0.25) is 0 Å². The van der Waals surface area contributed by atoms with Crippen molar-refractivity contribution in [3.8, 4) is 0 Å². The highest BCUT2D eigenvalue weighted by Crippen LogP contribution is 2.10. The summed E-state index contributed by atoms with van der Waals surface area (Å²) in [6.07, 6.45) is 14.0. The maximum absolute atomic E-state index is 12.4. The summed E-state index contributed by atoms with van der Waals surface area (Å²) in [4.78, 5) is 31.4. The van der Waals surface area contributed by atoms with E-state index in [2.05, 4.69) is 27.5 Å². The van der Waals surface area contributed by atoms with Crippen LogP contribution in [0.3, 0.4) is 0 Å². The maximum Gasteiger partial charge on any atom is 0.266 e. The molecule has 0 aliphatic rings. The van der Waals surface area contributed by atoms with Crippen LogP contribution >= 0.6 is 0 Å². The van der Waals surface area contributed by atoms with E-state index in [4.69, 9.17) is 4.55 Å². The maximum atomic E-state index is 12.4. The van der Waals surface area contributed by atoms with Crippen molar-refractivity contribution < 1.29 is 22.6 Å². The lowest BCUT2D eigenvalue weighted by Crippen LogP contribution is -2.48. The molecule has 0 spiro atoms. The van der Waals surface area contributed by atoms with Crippen LogP contribution in [0.25, 0.3) is 0 Å². The Morgan fingerprint density at radius 3 is 2.30 bits per heavy atom. The minimum Gasteiger partial charge on any atom is -0.353 e. The SMILES string of the molecule is CCCCCCCCCCCC(=O)N[C@@H](Cc1cnc[nH]1)C(=O)NCCS(=O)(=O)O. The number of unbranched alkanes of at least 4 members (excludes halogenated alkanes) is 8. The average molecular weight is 445 g/mol. The molecule has 0 bridgehead atoms. The number of carbonyl (C=O) groups excluding carboxylic acids is 2. The molecule has 0 aliphatic heterocycles. The molecular formula is C20H36N4O5S. The number of carbonyl (C=O) groups is 2. The lowest BCUT2D eigenvalue weighted by atomic mass is 10.1. The fourth-order valence-electron chi connectivity index (χ4n) is 3.11. The predicted octanol–water partition coefficient (Wildman–Crippen LogP) is 2.36. The molecule has 0 unspecified atom stereocenters. The molecule has 10 heteroatoms. The molecule has 0 fully saturated rings. The number of nitrogens with zero attached hydrogens (tertiary/aromatic N) is 1. The zero-order valence-corrected chi connectivity index (χ0v) is 18.7. The van der Waals surface area contributed by atoms with Gasteiger partial charge in [-0.25, -0.2) is 4.98 Å². The van der Waals surface area contributed by atoms with Gasteiger partial charge in [-0.1, -0.05) is 58.3 Å². The third-order valence-corrected chi connectivity index (χ3v) is 5.52. The summed E-state index contributed by atoms with van der Waals surface area (Å²) in [6.45, 7) is 1.97. The largest absolute Gasteiger partial charge is 0.353 e. The van der Waals surface area contributed by atoms with Crippen LogP contribution in [-0.2, 0) is 26.1 Å². The van der Waals surface area contributed by atoms with Gasteiger partial charge < -0.3 is 15.6 Å². The van der Waals surface area contributed by atoms with Gasteiger partial charge in [0.15, 0.2) is 0 Å². The molecule has 1 rings (SSSR count). The molecule has 1 aromatic heterocycles. The Bertz CT molecular complexity index is 707. The van der Waals surface area contributed by atoms with Crippen LogP contribution in [0.15, 0.2) is 12.5 Å². The predicted molar refractivity (Wildman–Crippen MR) is 115 cm³/mol. The van der Waals surface area contributed by atoms with Gasteiger partial charge in [0.05, 0.1) is 12.1 Å². The summed E-state index contributed by atoms with van der Waals surface area (Å²) < 4.78 is 30.4. The Morgan fingerprint density at radius 2 is 1.73 bits per heavy atom. The number of aromatic amines is 1. The number of rotatable bonds is 17. The van der Waals surface area contributed by atoms with Crippen LogP contribution < -0.4 is 10.6 Å². The highest BCUT2D eigenvalue weighted by Gasteiger charge is 2.22. The Kier molecular flexibility index (Phi) is 13.0. The second-order valence-corrected chi connectivity index (χ2v) is 9.13. The van der Waals surface area contributed by atoms with Crippen LogP contribution in [0.1, 0.15) is 76.8 Å². The van der Waals surface area contributed by atoms with E-state index in [0.717, 1.165) is 19.3 Å². The number of nitrogens with one attached hydrogen (secondary N) is 3. The third kappa shape index (κ3) is 13.3. The highest BCUT2D eigenvalue weighted by atomic mass is 32.2. The summed E-state index contributed by atoms with van der Waals surface area (Å²) >= 11 is 0. The lowest BCUT2D eigenvalue weighted by molar-refractivity contribution is -0.129. The second-order valence-electron chi connectivity index (χ2n) is 7.56. The van der Waals surface area contributed by atoms with Gasteiger partial charge in [0.1, 0.15) is 6.04 Å². The van der Waals surface area contributed by atoms with Gasteiger partial charge >= 0.3 is 0 Å². The molecule has 0 saturated heterocycles. The van der Waals surface area contributed by atoms with Crippen molar-refractivity contribution in [2.75, 3.05) is 12.3 Å². The van der Waals surface area contributed by atoms with Gasteiger partial charge in [-0.2, -0.15) is 8.42 Å². The molecule has 1 aromatic rings. The van der Waals surface area contributed by atoms with Gasteiger partial charge in [0.25, 0.3) is 10.1 Å². The molecule has 1 heterocycles. The van der Waals surface area contributed by atoms with Crippen LogP contribution in [0.5, 0.6) is 0 Å². The topological polar surface area (TPSA) is 141 Å². The molecule has 0 radical (unpaired) electrons. The minimum absolute atomic E-state index is 0.210. The van der Waals surface area contributed by atoms with Gasteiger partial charge in [-0.05, 0) is 6.42 Å². The van der Waals surface area contributed by atoms with E-state index in [-0.39, 0.29) is 18.9 Å². The van der Waals surface area contributed by atoms with Crippen LogP contribution in [0.4, 0.5) is 0 Å². The summed E-state index contributed by atoms with van der Waals surface area (Å²) in [5.41, 5.74) is 0.674. The molecule has 9 nitrogen and oxygen atoms in total. The Morgan fingerprint density at radius 1 is 1.10 bits per heavy atom. The van der Waals surface area contributed by atoms with E-state index < -0.39 is 27.8 Å². The fraction of sp³-hybridized carbons (Fsp3) is 0.750. The van der Waals surface area contributed by atoms with Crippen LogP contribution in [0, 0.1) is 0 Å². The second kappa shape index (κ2) is 15.0. The Labute approximate surface area is 179 Å². The molecule has 2 amide bonds. The van der Waals surface area contributed by atoms with E-state index >= 15 is 0 Å². The Hall–Kier alpha value is -1.94. The number of aromatic nitrogens is 2. The van der Waals surface area contributed by atoms with Crippen LogP contribution in [-0.4, -0.2) is 53.1 Å². The molecule has 30 heavy (non-hydrogen) atoms. The lowest BCUT2D eigenvalue weighted by Gasteiger charge is -2.18. The number of hydrogen-bond donors (Lipinski definition) is 4. The van der Waals surface area contributed by atoms with Gasteiger partial charge in [0.2, 0.25) is 11.8 Å². The summed E-state index contributed by atoms with van der Waals surface area (Å²) in [6, 6.07) is -0.849. The van der Waals surface area contributed by atoms with E-state index in [9.17, 15) is 18.0 Å². The number of imidazole rings is 1. The third-order valence-electron chi connectivity index (χ3n) is 4.80. The summed E-state index contributed by atoms with van der Waals surface area (Å²) in [5, 5.41) is 5.15. The fourth-order valence-corrected chi connectivity index (χ4v) is 3.47. The van der Waals surface area contributed by atoms with Gasteiger partial charge in [0, 0.05) is 31.3 Å². The monoisotopic (exact) mass is 444 g/mol. The van der Waals surface area contributed by atoms with Crippen molar-refractivity contribution in [1.82, 2.24) is 20.6 Å². The first-order chi connectivity index (χ1) is 14.3. The molecule has 1 atom stereocenters. The normalized spacial score (nSPS) is 12.5. The Balaban J connectivity index is 2.35. The highest BCUT2D eigenvalue weighted by molar-refractivity contribution is 7.85. The minimum atomic E-state index is -4.16. The molecule has 0 aliphatic carbocycles. The standard InChI is InChI=1S/C20H36N4O5S/c1-2-3-4-5-6-7-8-9-10-11-19(25)24-18(14-17-15-21-16-23-17)20(26)22-12-13-30(27,28)29/h15-16,18H,2-14H2,1H3,(H,21,23)(H,22,26)(H,24,25)(H,27,28,29)/t18-/m0/s1. The van der Waals surface area contributed by atoms with Gasteiger partial charge in [-0.3, -0.25) is 14.1 Å². The molecular weight excluding hydrogens is 408 g/mol. The van der Waals surface area contributed by atoms with Crippen molar-refractivity contribution in [2.45, 2.75) is 83.6 Å². The molecule has 172 valence electrons. The van der Waals surface area contributed by atoms with Crippen molar-refractivity contribution >= 4 is 21.9 Å². The number of amides is 2. The first-order valence-electron chi connectivity index (χ1n) is 10.8. The molecule has 0 aromatic carbocycles. The van der Waals surface area contributed by atoms with Crippen molar-refractivity contribution in [2.24, 2.45) is 0 Å². The van der Waals surface area contributed by atoms with E-state index in [1.54, 1.807) is 6.20 Å². The average Bonchev–Trinajstić information content (AvgIpc) is 3.18. The number of hydrogen-bond acceptors (Lipinski definition) is 5. The first kappa shape index (κ1) is 26.1. The smallest absolute Gasteiger partial charge is 0.266 e. The zero-order valence-electron chi connectivity index (χ0n) is 17.9. The molecule has 4 N–H and O–H groups in total. The zero-order chi connectivity index (χ0) is 22.2. The van der Waals surface area contributed by atoms with E-state index in [1.165, 1.54) is 44.9 Å². The number of H-pyrrole nitrogens is 1. The van der Waals surface area contributed by atoms with Gasteiger partial charge in [-0.15, -0.1) is 0 Å². The van der Waals surface area contributed by atoms with Crippen molar-refractivity contribution in [3.05, 3.63) is 18.2 Å². The van der Waals surface area contributed by atoms with E-state index in [1.807, 2.05) is 0 Å². The van der Waals surface area contributed by atoms with Crippen molar-refractivity contribution in [1.29, 1.82) is 0 Å².